The highest BCUT2D eigenvalue weighted by Gasteiger charge is 2.26. The molecular weight excluding hydrogens is 294 g/mol. The van der Waals surface area contributed by atoms with Gasteiger partial charge in [-0.25, -0.2) is 13.8 Å². The molecule has 1 aliphatic carbocycles. The third kappa shape index (κ3) is 3.64. The molecule has 110 valence electrons. The lowest BCUT2D eigenvalue weighted by Crippen LogP contribution is -2.12. The molecule has 1 heterocycles. The fraction of sp³-hybridized carbons (Fsp3) is 0.333. The number of nitrogens with one attached hydrogen (secondary N) is 1. The van der Waals surface area contributed by atoms with Crippen LogP contribution >= 0.6 is 11.3 Å². The second-order valence-electron chi connectivity index (χ2n) is 5.15. The topological polar surface area (TPSA) is 42.0 Å². The molecule has 0 spiro atoms. The zero-order valence-electron chi connectivity index (χ0n) is 11.2. The third-order valence-corrected chi connectivity index (χ3v) is 4.16. The van der Waals surface area contributed by atoms with Gasteiger partial charge in [0.05, 0.1) is 5.69 Å². The molecule has 2 aromatic rings. The number of aryl methyl sites for hydroxylation is 1. The number of thiazole rings is 1. The van der Waals surface area contributed by atoms with Crippen molar-refractivity contribution in [3.8, 4) is 0 Å². The lowest BCUT2D eigenvalue weighted by Gasteiger charge is -2.03. The van der Waals surface area contributed by atoms with Gasteiger partial charge in [0.2, 0.25) is 5.91 Å². The van der Waals surface area contributed by atoms with Gasteiger partial charge in [-0.2, -0.15) is 0 Å². The van der Waals surface area contributed by atoms with Gasteiger partial charge < -0.3 is 5.32 Å². The predicted molar refractivity (Wildman–Crippen MR) is 77.4 cm³/mol. The molecule has 1 aliphatic rings. The van der Waals surface area contributed by atoms with Gasteiger partial charge in [-0.15, -0.1) is 11.3 Å². The molecule has 0 unspecified atom stereocenters. The first-order valence-electron chi connectivity index (χ1n) is 6.81. The van der Waals surface area contributed by atoms with Crippen LogP contribution in [0.15, 0.2) is 23.6 Å². The van der Waals surface area contributed by atoms with E-state index in [0.717, 1.165) is 17.8 Å². The molecule has 3 nitrogen and oxygen atoms in total. The number of benzene rings is 1. The molecule has 1 fully saturated rings. The van der Waals surface area contributed by atoms with Crippen molar-refractivity contribution in [2.75, 3.05) is 5.32 Å². The van der Waals surface area contributed by atoms with Gasteiger partial charge in [0.25, 0.3) is 0 Å². The molecule has 6 heteroatoms. The molecule has 0 atom stereocenters. The summed E-state index contributed by atoms with van der Waals surface area (Å²) in [5.41, 5.74) is 1.65. The molecule has 0 saturated heterocycles. The number of hydrogen-bond acceptors (Lipinski definition) is 3. The Morgan fingerprint density at radius 3 is 2.86 bits per heavy atom. The van der Waals surface area contributed by atoms with Gasteiger partial charge in [0.1, 0.15) is 0 Å². The summed E-state index contributed by atoms with van der Waals surface area (Å²) >= 11 is 1.42. The van der Waals surface area contributed by atoms with E-state index in [2.05, 4.69) is 10.3 Å². The van der Waals surface area contributed by atoms with Crippen LogP contribution in [0.1, 0.15) is 36.4 Å². The van der Waals surface area contributed by atoms with Crippen LogP contribution in [0.5, 0.6) is 0 Å². The quantitative estimate of drug-likeness (QED) is 0.911. The summed E-state index contributed by atoms with van der Waals surface area (Å²) in [6.07, 6.45) is 2.92. The number of nitrogens with zero attached hydrogens (tertiary/aromatic N) is 1. The minimum absolute atomic E-state index is 0.170. The fourth-order valence-electron chi connectivity index (χ4n) is 2.04. The molecule has 1 aromatic carbocycles. The number of hydrogen-bond donors (Lipinski definition) is 1. The Kier molecular flexibility index (Phi) is 3.96. The Hall–Kier alpha value is -1.82. The van der Waals surface area contributed by atoms with Crippen molar-refractivity contribution in [2.24, 2.45) is 0 Å². The van der Waals surface area contributed by atoms with Crippen molar-refractivity contribution in [1.82, 2.24) is 4.98 Å². The van der Waals surface area contributed by atoms with E-state index in [1.807, 2.05) is 5.38 Å². The molecule has 3 rings (SSSR count). The third-order valence-electron chi connectivity index (χ3n) is 3.39. The number of amides is 1. The monoisotopic (exact) mass is 308 g/mol. The minimum atomic E-state index is -0.887. The van der Waals surface area contributed by atoms with Crippen molar-refractivity contribution >= 4 is 22.4 Å². The van der Waals surface area contributed by atoms with Crippen molar-refractivity contribution in [3.63, 3.8) is 0 Å². The summed E-state index contributed by atoms with van der Waals surface area (Å²) in [6.45, 7) is 0. The molecule has 1 amide bonds. The Balaban J connectivity index is 1.52. The maximum Gasteiger partial charge on any atom is 0.226 e. The number of carbonyl (C=O) groups is 1. The molecule has 21 heavy (non-hydrogen) atoms. The largest absolute Gasteiger partial charge is 0.302 e. The van der Waals surface area contributed by atoms with Gasteiger partial charge in [-0.3, -0.25) is 4.79 Å². The van der Waals surface area contributed by atoms with E-state index < -0.39 is 11.6 Å². The Labute approximate surface area is 125 Å². The van der Waals surface area contributed by atoms with E-state index in [0.29, 0.717) is 23.0 Å². The molecule has 0 radical (unpaired) electrons. The van der Waals surface area contributed by atoms with Crippen molar-refractivity contribution in [3.05, 3.63) is 46.5 Å². The van der Waals surface area contributed by atoms with Gasteiger partial charge in [0.15, 0.2) is 16.8 Å². The highest BCUT2D eigenvalue weighted by atomic mass is 32.1. The van der Waals surface area contributed by atoms with Crippen LogP contribution in [0.3, 0.4) is 0 Å². The van der Waals surface area contributed by atoms with Gasteiger partial charge >= 0.3 is 0 Å². The van der Waals surface area contributed by atoms with Crippen LogP contribution in [0.2, 0.25) is 0 Å². The number of halogens is 2. The first-order chi connectivity index (χ1) is 10.1. The van der Waals surface area contributed by atoms with Gasteiger partial charge in [-0.05, 0) is 37.0 Å². The summed E-state index contributed by atoms with van der Waals surface area (Å²) in [4.78, 5) is 16.2. The predicted octanol–water partition coefficient (Wildman–Crippen LogP) is 3.87. The van der Waals surface area contributed by atoms with E-state index in [4.69, 9.17) is 0 Å². The van der Waals surface area contributed by atoms with E-state index in [1.165, 1.54) is 30.2 Å². The maximum atomic E-state index is 13.1. The lowest BCUT2D eigenvalue weighted by molar-refractivity contribution is -0.116. The summed E-state index contributed by atoms with van der Waals surface area (Å²) in [5.74, 6) is -1.37. The zero-order chi connectivity index (χ0) is 14.8. The minimum Gasteiger partial charge on any atom is -0.302 e. The van der Waals surface area contributed by atoms with E-state index >= 15 is 0 Å². The molecule has 0 bridgehead atoms. The van der Waals surface area contributed by atoms with Gasteiger partial charge in [-0.1, -0.05) is 6.07 Å². The van der Waals surface area contributed by atoms with Gasteiger partial charge in [0, 0.05) is 17.7 Å². The van der Waals surface area contributed by atoms with Crippen LogP contribution in [0, 0.1) is 11.6 Å². The van der Waals surface area contributed by atoms with Crippen LogP contribution in [-0.4, -0.2) is 10.9 Å². The molecule has 1 aromatic heterocycles. The van der Waals surface area contributed by atoms with E-state index in [9.17, 15) is 13.6 Å². The Bertz CT molecular complexity index is 667. The van der Waals surface area contributed by atoms with Crippen LogP contribution < -0.4 is 5.32 Å². The summed E-state index contributed by atoms with van der Waals surface area (Å²) in [6, 6.07) is 3.68. The average Bonchev–Trinajstić information content (AvgIpc) is 3.21. The standard InChI is InChI=1S/C15H14F2N2OS/c16-11-5-1-9(7-12(11)17)2-6-14(20)19-15-18-13(8-21-15)10-3-4-10/h1,5,7-8,10H,2-4,6H2,(H,18,19,20). The van der Waals surface area contributed by atoms with E-state index in [-0.39, 0.29) is 12.3 Å². The smallest absolute Gasteiger partial charge is 0.226 e. The molecular formula is C15H14F2N2OS. The molecule has 1 saturated carbocycles. The van der Waals surface area contributed by atoms with Crippen molar-refractivity contribution < 1.29 is 13.6 Å². The average molecular weight is 308 g/mol. The molecule has 1 N–H and O–H groups in total. The second kappa shape index (κ2) is 5.89. The molecule has 0 aliphatic heterocycles. The van der Waals surface area contributed by atoms with Crippen molar-refractivity contribution in [2.45, 2.75) is 31.6 Å². The first kappa shape index (κ1) is 14.1. The second-order valence-corrected chi connectivity index (χ2v) is 6.01. The maximum absolute atomic E-state index is 13.1. The SMILES string of the molecule is O=C(CCc1ccc(F)c(F)c1)Nc1nc(C2CC2)cs1. The highest BCUT2D eigenvalue weighted by molar-refractivity contribution is 7.13. The number of rotatable bonds is 5. The number of carbonyl (C=O) groups excluding carboxylic acids is 1. The lowest BCUT2D eigenvalue weighted by atomic mass is 10.1. The van der Waals surface area contributed by atoms with Crippen LogP contribution in [-0.2, 0) is 11.2 Å². The summed E-state index contributed by atoms with van der Waals surface area (Å²) < 4.78 is 25.8. The van der Waals surface area contributed by atoms with Crippen molar-refractivity contribution in [1.29, 1.82) is 0 Å². The Morgan fingerprint density at radius 2 is 2.14 bits per heavy atom. The summed E-state index contributed by atoms with van der Waals surface area (Å²) in [5, 5.41) is 5.32. The fourth-order valence-corrected chi connectivity index (χ4v) is 2.85. The first-order valence-corrected chi connectivity index (χ1v) is 7.69. The zero-order valence-corrected chi connectivity index (χ0v) is 12.1. The van der Waals surface area contributed by atoms with Crippen LogP contribution in [0.25, 0.3) is 0 Å². The van der Waals surface area contributed by atoms with Crippen LogP contribution in [0.4, 0.5) is 13.9 Å². The number of aromatic nitrogens is 1. The normalized spacial score (nSPS) is 14.2. The Morgan fingerprint density at radius 1 is 1.33 bits per heavy atom. The summed E-state index contributed by atoms with van der Waals surface area (Å²) in [7, 11) is 0. The number of anilines is 1. The highest BCUT2D eigenvalue weighted by Crippen LogP contribution is 2.40. The van der Waals surface area contributed by atoms with E-state index in [1.54, 1.807) is 0 Å².